The molecule has 124 valence electrons. The number of benzene rings is 1. The maximum atomic E-state index is 5.84. The van der Waals surface area contributed by atoms with Crippen LogP contribution in [0.15, 0.2) is 57.7 Å². The van der Waals surface area contributed by atoms with E-state index in [4.69, 9.17) is 9.15 Å². The highest BCUT2D eigenvalue weighted by atomic mass is 79.9. The third-order valence-corrected chi connectivity index (χ3v) is 4.46. The number of hydrogen-bond acceptors (Lipinski definition) is 5. The minimum absolute atomic E-state index is 0.175. The SMILES string of the molecule is Brc1cccc(Cn2cc(C3OCCN3Cc3ccco3)nn2)c1. The zero-order valence-electron chi connectivity index (χ0n) is 13.0. The molecule has 7 heteroatoms. The lowest BCUT2D eigenvalue weighted by atomic mass is 10.2. The molecule has 3 heterocycles. The van der Waals surface area contributed by atoms with Crippen LogP contribution in [0.4, 0.5) is 0 Å². The molecule has 1 aromatic carbocycles. The first kappa shape index (κ1) is 15.6. The summed E-state index contributed by atoms with van der Waals surface area (Å²) in [6.07, 6.45) is 3.47. The Morgan fingerprint density at radius 3 is 3.00 bits per heavy atom. The molecule has 4 rings (SSSR count). The molecule has 0 aliphatic carbocycles. The van der Waals surface area contributed by atoms with Crippen molar-refractivity contribution in [2.45, 2.75) is 19.3 Å². The minimum Gasteiger partial charge on any atom is -0.468 e. The van der Waals surface area contributed by atoms with Crippen molar-refractivity contribution in [1.29, 1.82) is 0 Å². The highest BCUT2D eigenvalue weighted by Crippen LogP contribution is 2.27. The molecule has 0 radical (unpaired) electrons. The van der Waals surface area contributed by atoms with Gasteiger partial charge in [0.25, 0.3) is 0 Å². The summed E-state index contributed by atoms with van der Waals surface area (Å²) in [6, 6.07) is 12.0. The quantitative estimate of drug-likeness (QED) is 0.671. The third kappa shape index (κ3) is 3.43. The number of rotatable bonds is 5. The molecule has 1 fully saturated rings. The van der Waals surface area contributed by atoms with E-state index in [1.54, 1.807) is 6.26 Å². The molecule has 1 aliphatic heterocycles. The van der Waals surface area contributed by atoms with Gasteiger partial charge in [-0.2, -0.15) is 0 Å². The molecule has 0 amide bonds. The van der Waals surface area contributed by atoms with Gasteiger partial charge in [0, 0.05) is 11.0 Å². The Balaban J connectivity index is 1.47. The Kier molecular flexibility index (Phi) is 4.46. The first-order valence-electron chi connectivity index (χ1n) is 7.80. The van der Waals surface area contributed by atoms with Crippen molar-refractivity contribution in [1.82, 2.24) is 19.9 Å². The van der Waals surface area contributed by atoms with E-state index in [0.717, 1.165) is 22.5 Å². The molecule has 6 nitrogen and oxygen atoms in total. The van der Waals surface area contributed by atoms with Crippen LogP contribution >= 0.6 is 15.9 Å². The minimum atomic E-state index is -0.175. The maximum absolute atomic E-state index is 5.84. The molecule has 0 N–H and O–H groups in total. The van der Waals surface area contributed by atoms with Gasteiger partial charge in [0.15, 0.2) is 6.23 Å². The second kappa shape index (κ2) is 6.88. The van der Waals surface area contributed by atoms with E-state index in [-0.39, 0.29) is 6.23 Å². The van der Waals surface area contributed by atoms with Gasteiger partial charge in [-0.1, -0.05) is 33.3 Å². The Morgan fingerprint density at radius 1 is 1.21 bits per heavy atom. The average Bonchev–Trinajstić information content (AvgIpc) is 3.29. The monoisotopic (exact) mass is 388 g/mol. The van der Waals surface area contributed by atoms with E-state index in [9.17, 15) is 0 Å². The second-order valence-corrected chi connectivity index (χ2v) is 6.66. The van der Waals surface area contributed by atoms with Crippen molar-refractivity contribution >= 4 is 15.9 Å². The molecule has 0 spiro atoms. The smallest absolute Gasteiger partial charge is 0.157 e. The van der Waals surface area contributed by atoms with Gasteiger partial charge in [0.05, 0.1) is 32.2 Å². The van der Waals surface area contributed by atoms with Gasteiger partial charge >= 0.3 is 0 Å². The lowest BCUT2D eigenvalue weighted by Crippen LogP contribution is -2.23. The van der Waals surface area contributed by atoms with Gasteiger partial charge in [0.2, 0.25) is 0 Å². The molecule has 0 saturated carbocycles. The maximum Gasteiger partial charge on any atom is 0.157 e. The van der Waals surface area contributed by atoms with E-state index < -0.39 is 0 Å². The van der Waals surface area contributed by atoms with Crippen molar-refractivity contribution in [3.8, 4) is 0 Å². The summed E-state index contributed by atoms with van der Waals surface area (Å²) >= 11 is 3.49. The molecule has 3 aromatic rings. The van der Waals surface area contributed by atoms with Gasteiger partial charge in [-0.3, -0.25) is 4.90 Å². The fourth-order valence-electron chi connectivity index (χ4n) is 2.87. The van der Waals surface area contributed by atoms with E-state index in [1.807, 2.05) is 35.1 Å². The summed E-state index contributed by atoms with van der Waals surface area (Å²) in [5.74, 6) is 0.923. The van der Waals surface area contributed by atoms with Crippen LogP contribution < -0.4 is 0 Å². The van der Waals surface area contributed by atoms with Gasteiger partial charge in [-0.05, 0) is 29.8 Å². The fraction of sp³-hybridized carbons (Fsp3) is 0.294. The topological polar surface area (TPSA) is 56.3 Å². The number of hydrogen-bond donors (Lipinski definition) is 0. The number of halogens is 1. The molecular formula is C17H17BrN4O2. The predicted molar refractivity (Wildman–Crippen MR) is 91.1 cm³/mol. The summed E-state index contributed by atoms with van der Waals surface area (Å²) in [4.78, 5) is 2.20. The normalized spacial score (nSPS) is 18.3. The highest BCUT2D eigenvalue weighted by Gasteiger charge is 2.29. The molecule has 24 heavy (non-hydrogen) atoms. The van der Waals surface area contributed by atoms with Crippen molar-refractivity contribution in [3.05, 3.63) is 70.3 Å². The van der Waals surface area contributed by atoms with Gasteiger partial charge in [0.1, 0.15) is 11.5 Å². The van der Waals surface area contributed by atoms with Crippen LogP contribution in [0.2, 0.25) is 0 Å². The van der Waals surface area contributed by atoms with Crippen molar-refractivity contribution in [3.63, 3.8) is 0 Å². The van der Waals surface area contributed by atoms with E-state index in [2.05, 4.69) is 43.3 Å². The lowest BCUT2D eigenvalue weighted by Gasteiger charge is -2.19. The Bertz CT molecular complexity index is 803. The Morgan fingerprint density at radius 2 is 2.17 bits per heavy atom. The van der Waals surface area contributed by atoms with Gasteiger partial charge in [-0.25, -0.2) is 4.68 Å². The molecular weight excluding hydrogens is 372 g/mol. The Hall–Kier alpha value is -1.96. The zero-order valence-corrected chi connectivity index (χ0v) is 14.6. The average molecular weight is 389 g/mol. The van der Waals surface area contributed by atoms with Crippen LogP contribution in [0.25, 0.3) is 0 Å². The second-order valence-electron chi connectivity index (χ2n) is 5.74. The molecule has 1 atom stereocenters. The van der Waals surface area contributed by atoms with Crippen molar-refractivity contribution < 1.29 is 9.15 Å². The van der Waals surface area contributed by atoms with Gasteiger partial charge < -0.3 is 9.15 Å². The number of ether oxygens (including phenoxy) is 1. The predicted octanol–water partition coefficient (Wildman–Crippen LogP) is 3.21. The van der Waals surface area contributed by atoms with Gasteiger partial charge in [-0.15, -0.1) is 5.10 Å². The number of aromatic nitrogens is 3. The fourth-order valence-corrected chi connectivity index (χ4v) is 3.31. The van der Waals surface area contributed by atoms with Crippen LogP contribution in [-0.2, 0) is 17.8 Å². The van der Waals surface area contributed by atoms with Crippen LogP contribution in [0.5, 0.6) is 0 Å². The van der Waals surface area contributed by atoms with Crippen molar-refractivity contribution in [2.24, 2.45) is 0 Å². The lowest BCUT2D eigenvalue weighted by molar-refractivity contribution is 0.0223. The van der Waals surface area contributed by atoms with E-state index in [0.29, 0.717) is 19.7 Å². The van der Waals surface area contributed by atoms with Crippen LogP contribution in [0, 0.1) is 0 Å². The number of nitrogens with zero attached hydrogens (tertiary/aromatic N) is 4. The summed E-state index contributed by atoms with van der Waals surface area (Å²) in [5, 5.41) is 8.54. The summed E-state index contributed by atoms with van der Waals surface area (Å²) in [5.41, 5.74) is 2.00. The van der Waals surface area contributed by atoms with Crippen LogP contribution in [-0.4, -0.2) is 33.0 Å². The van der Waals surface area contributed by atoms with Crippen LogP contribution in [0.1, 0.15) is 23.2 Å². The highest BCUT2D eigenvalue weighted by molar-refractivity contribution is 9.10. The standard InChI is InChI=1S/C17H17BrN4O2/c18-14-4-1-3-13(9-14)10-22-12-16(19-20-22)17-21(6-8-24-17)11-15-5-2-7-23-15/h1-5,7,9,12,17H,6,8,10-11H2. The third-order valence-electron chi connectivity index (χ3n) is 3.97. The van der Waals surface area contributed by atoms with E-state index in [1.165, 1.54) is 5.56 Å². The Labute approximate surface area is 148 Å². The number of furan rings is 1. The summed E-state index contributed by atoms with van der Waals surface area (Å²) in [7, 11) is 0. The molecule has 1 unspecified atom stereocenters. The zero-order chi connectivity index (χ0) is 16.4. The summed E-state index contributed by atoms with van der Waals surface area (Å²) in [6.45, 7) is 2.92. The molecule has 1 saturated heterocycles. The molecule has 1 aliphatic rings. The first-order valence-corrected chi connectivity index (χ1v) is 8.60. The molecule has 0 bridgehead atoms. The first-order chi connectivity index (χ1) is 11.8. The molecule has 2 aromatic heterocycles. The summed E-state index contributed by atoms with van der Waals surface area (Å²) < 4.78 is 14.2. The van der Waals surface area contributed by atoms with Crippen molar-refractivity contribution in [2.75, 3.05) is 13.2 Å². The largest absolute Gasteiger partial charge is 0.468 e. The van der Waals surface area contributed by atoms with Crippen LogP contribution in [0.3, 0.4) is 0 Å². The van der Waals surface area contributed by atoms with E-state index >= 15 is 0 Å².